The number of rotatable bonds is 8. The molecule has 6 nitrogen and oxygen atoms in total. The molecule has 0 aliphatic rings. The summed E-state index contributed by atoms with van der Waals surface area (Å²) >= 11 is 6.02. The van der Waals surface area contributed by atoms with Gasteiger partial charge in [0.15, 0.2) is 0 Å². The number of sulfone groups is 1. The minimum Gasteiger partial charge on any atom is -0.333 e. The number of hydrogen-bond acceptors (Lipinski definition) is 4. The molecule has 0 bridgehead atoms. The van der Waals surface area contributed by atoms with Crippen molar-refractivity contribution in [3.8, 4) is 0 Å². The van der Waals surface area contributed by atoms with E-state index in [1.165, 1.54) is 30.5 Å². The zero-order chi connectivity index (χ0) is 23.5. The van der Waals surface area contributed by atoms with Crippen LogP contribution in [-0.4, -0.2) is 35.3 Å². The summed E-state index contributed by atoms with van der Waals surface area (Å²) in [5.74, 6) is -0.932. The summed E-state index contributed by atoms with van der Waals surface area (Å²) in [5, 5.41) is 0.395. The van der Waals surface area contributed by atoms with E-state index in [4.69, 9.17) is 11.6 Å². The average molecular weight is 478 g/mol. The maximum Gasteiger partial charge on any atom is 0.254 e. The number of carbonyl (C=O) groups excluding carboxylic acids is 1. The van der Waals surface area contributed by atoms with Gasteiger partial charge in [0, 0.05) is 23.2 Å². The minimum atomic E-state index is -3.79. The van der Waals surface area contributed by atoms with E-state index >= 15 is 0 Å². The quantitative estimate of drug-likeness (QED) is 0.463. The Hall–Kier alpha value is -2.71. The summed E-state index contributed by atoms with van der Waals surface area (Å²) in [7, 11) is -3.79. The van der Waals surface area contributed by atoms with E-state index in [1.807, 2.05) is 20.8 Å². The molecule has 3 aromatic rings. The van der Waals surface area contributed by atoms with Gasteiger partial charge in [-0.25, -0.2) is 17.8 Å². The number of imidazole rings is 1. The van der Waals surface area contributed by atoms with Gasteiger partial charge in [-0.05, 0) is 56.7 Å². The first-order valence-corrected chi connectivity index (χ1v) is 12.2. The van der Waals surface area contributed by atoms with Gasteiger partial charge in [0.25, 0.3) is 5.91 Å². The fraction of sp³-hybridized carbons (Fsp3) is 0.304. The number of amides is 1. The van der Waals surface area contributed by atoms with Crippen molar-refractivity contribution in [2.75, 3.05) is 6.54 Å². The van der Waals surface area contributed by atoms with Crippen molar-refractivity contribution < 1.29 is 17.6 Å². The van der Waals surface area contributed by atoms with E-state index < -0.39 is 15.7 Å². The summed E-state index contributed by atoms with van der Waals surface area (Å²) in [5.41, 5.74) is 1.53. The van der Waals surface area contributed by atoms with E-state index in [1.54, 1.807) is 33.7 Å². The van der Waals surface area contributed by atoms with E-state index in [0.717, 1.165) is 0 Å². The van der Waals surface area contributed by atoms with Crippen molar-refractivity contribution in [1.29, 1.82) is 0 Å². The van der Waals surface area contributed by atoms with Crippen molar-refractivity contribution in [3.63, 3.8) is 0 Å². The van der Waals surface area contributed by atoms with Crippen LogP contribution in [0.1, 0.15) is 48.4 Å². The zero-order valence-electron chi connectivity index (χ0n) is 18.1. The molecule has 0 radical (unpaired) electrons. The molecule has 1 amide bonds. The Labute approximate surface area is 192 Å². The third kappa shape index (κ3) is 5.37. The summed E-state index contributed by atoms with van der Waals surface area (Å²) in [6.07, 6.45) is 1.49. The number of benzene rings is 2. The van der Waals surface area contributed by atoms with Crippen LogP contribution in [-0.2, 0) is 22.1 Å². The first-order chi connectivity index (χ1) is 15.1. The maximum absolute atomic E-state index is 13.2. The Balaban J connectivity index is 1.91. The van der Waals surface area contributed by atoms with Crippen molar-refractivity contribution in [2.45, 2.75) is 44.3 Å². The van der Waals surface area contributed by atoms with Gasteiger partial charge in [0.2, 0.25) is 15.0 Å². The Morgan fingerprint density at radius 1 is 1.19 bits per heavy atom. The SMILES string of the molecule is CCN(Cc1cnc(S(=O)(=O)Cc2ccc(F)cc2)n1C(C)C)C(=O)c1cccc(Cl)c1. The Kier molecular flexibility index (Phi) is 7.36. The van der Waals surface area contributed by atoms with Crippen LogP contribution >= 0.6 is 11.6 Å². The number of hydrogen-bond donors (Lipinski definition) is 0. The molecule has 0 aliphatic heterocycles. The molecule has 0 saturated carbocycles. The highest BCUT2D eigenvalue weighted by Gasteiger charge is 2.27. The van der Waals surface area contributed by atoms with E-state index in [0.29, 0.717) is 28.4 Å². The minimum absolute atomic E-state index is 0.0712. The predicted octanol–water partition coefficient (Wildman–Crippen LogP) is 4.89. The molecule has 0 N–H and O–H groups in total. The molecular weight excluding hydrogens is 453 g/mol. The molecule has 0 aliphatic carbocycles. The second-order valence-electron chi connectivity index (χ2n) is 7.71. The summed E-state index contributed by atoms with van der Waals surface area (Å²) in [4.78, 5) is 18.8. The normalized spacial score (nSPS) is 11.7. The van der Waals surface area contributed by atoms with E-state index in [9.17, 15) is 17.6 Å². The summed E-state index contributed by atoms with van der Waals surface area (Å²) in [6, 6.07) is 11.8. The van der Waals surface area contributed by atoms with Gasteiger partial charge in [-0.3, -0.25) is 4.79 Å². The molecule has 170 valence electrons. The predicted molar refractivity (Wildman–Crippen MR) is 122 cm³/mol. The molecule has 0 atom stereocenters. The van der Waals surface area contributed by atoms with Crippen LogP contribution in [0.2, 0.25) is 5.02 Å². The Bertz CT molecular complexity index is 1210. The van der Waals surface area contributed by atoms with Crippen LogP contribution in [0.15, 0.2) is 59.9 Å². The highest BCUT2D eigenvalue weighted by molar-refractivity contribution is 7.90. The Morgan fingerprint density at radius 3 is 2.47 bits per heavy atom. The van der Waals surface area contributed by atoms with Crippen LogP contribution in [0.25, 0.3) is 0 Å². The van der Waals surface area contributed by atoms with E-state index in [2.05, 4.69) is 4.98 Å². The number of halogens is 2. The van der Waals surface area contributed by atoms with Crippen LogP contribution in [0.4, 0.5) is 4.39 Å². The molecule has 2 aromatic carbocycles. The standard InChI is InChI=1S/C23H25ClFN3O3S/c1-4-27(22(29)18-6-5-7-19(24)12-18)14-21-13-26-23(28(21)16(2)3)32(30,31)15-17-8-10-20(25)11-9-17/h5-13,16H,4,14-15H2,1-3H3. The van der Waals surface area contributed by atoms with Crippen molar-refractivity contribution in [2.24, 2.45) is 0 Å². The number of nitrogens with zero attached hydrogens (tertiary/aromatic N) is 3. The fourth-order valence-corrected chi connectivity index (χ4v) is 5.26. The number of aromatic nitrogens is 2. The van der Waals surface area contributed by atoms with Crippen LogP contribution in [0.5, 0.6) is 0 Å². The van der Waals surface area contributed by atoms with Gasteiger partial charge in [0.1, 0.15) is 5.82 Å². The summed E-state index contributed by atoms with van der Waals surface area (Å²) in [6.45, 7) is 6.18. The maximum atomic E-state index is 13.2. The van der Waals surface area contributed by atoms with Crippen LogP contribution < -0.4 is 0 Å². The van der Waals surface area contributed by atoms with Gasteiger partial charge in [-0.2, -0.15) is 0 Å². The summed E-state index contributed by atoms with van der Waals surface area (Å²) < 4.78 is 41.0. The topological polar surface area (TPSA) is 72.3 Å². The fourth-order valence-electron chi connectivity index (χ4n) is 3.47. The van der Waals surface area contributed by atoms with Crippen LogP contribution in [0, 0.1) is 5.82 Å². The molecule has 0 saturated heterocycles. The molecule has 3 rings (SSSR count). The average Bonchev–Trinajstić information content (AvgIpc) is 3.18. The molecule has 0 spiro atoms. The lowest BCUT2D eigenvalue weighted by molar-refractivity contribution is 0.0748. The monoisotopic (exact) mass is 477 g/mol. The van der Waals surface area contributed by atoms with Crippen molar-refractivity contribution >= 4 is 27.3 Å². The second kappa shape index (κ2) is 9.83. The molecule has 1 aromatic heterocycles. The second-order valence-corrected chi connectivity index (χ2v) is 10.0. The molecule has 32 heavy (non-hydrogen) atoms. The largest absolute Gasteiger partial charge is 0.333 e. The zero-order valence-corrected chi connectivity index (χ0v) is 19.7. The molecule has 0 unspecified atom stereocenters. The lowest BCUT2D eigenvalue weighted by Gasteiger charge is -2.23. The third-order valence-corrected chi connectivity index (χ3v) is 6.80. The smallest absolute Gasteiger partial charge is 0.254 e. The molecule has 0 fully saturated rings. The first-order valence-electron chi connectivity index (χ1n) is 10.2. The lowest BCUT2D eigenvalue weighted by atomic mass is 10.2. The third-order valence-electron chi connectivity index (χ3n) is 5.00. The molecular formula is C23H25ClFN3O3S. The van der Waals surface area contributed by atoms with Crippen molar-refractivity contribution in [3.05, 3.63) is 82.4 Å². The van der Waals surface area contributed by atoms with E-state index in [-0.39, 0.29) is 29.4 Å². The van der Waals surface area contributed by atoms with Crippen molar-refractivity contribution in [1.82, 2.24) is 14.5 Å². The van der Waals surface area contributed by atoms with Crippen LogP contribution in [0.3, 0.4) is 0 Å². The van der Waals surface area contributed by atoms with Gasteiger partial charge in [-0.1, -0.05) is 29.8 Å². The highest BCUT2D eigenvalue weighted by atomic mass is 35.5. The first kappa shape index (κ1) is 23.9. The van der Waals surface area contributed by atoms with Gasteiger partial charge < -0.3 is 9.47 Å². The van der Waals surface area contributed by atoms with Gasteiger partial charge in [0.05, 0.1) is 24.2 Å². The van der Waals surface area contributed by atoms with Gasteiger partial charge >= 0.3 is 0 Å². The lowest BCUT2D eigenvalue weighted by Crippen LogP contribution is -2.31. The highest BCUT2D eigenvalue weighted by Crippen LogP contribution is 2.23. The molecule has 9 heteroatoms. The number of carbonyl (C=O) groups is 1. The van der Waals surface area contributed by atoms with Gasteiger partial charge in [-0.15, -0.1) is 0 Å². The Morgan fingerprint density at radius 2 is 1.88 bits per heavy atom. The molecule has 1 heterocycles.